The quantitative estimate of drug-likeness (QED) is 0.766. The maximum Gasteiger partial charge on any atom is 0.269 e. The topological polar surface area (TPSA) is 91.3 Å². The summed E-state index contributed by atoms with van der Waals surface area (Å²) in [7, 11) is 0.376. The summed E-state index contributed by atoms with van der Waals surface area (Å²) >= 11 is 0. The van der Waals surface area contributed by atoms with Crippen LogP contribution in [0.3, 0.4) is 0 Å². The van der Waals surface area contributed by atoms with E-state index in [0.717, 1.165) is 6.54 Å². The van der Waals surface area contributed by atoms with Crippen LogP contribution in [-0.4, -0.2) is 75.1 Å². The minimum atomic E-state index is -3.50. The van der Waals surface area contributed by atoms with E-state index >= 15 is 0 Å². The van der Waals surface area contributed by atoms with Gasteiger partial charge in [-0.3, -0.25) is 4.79 Å². The number of hydrogen-bond donors (Lipinski definition) is 1. The molecule has 1 saturated heterocycles. The monoisotopic (exact) mass is 394 g/mol. The van der Waals surface area contributed by atoms with Crippen molar-refractivity contribution >= 4 is 21.6 Å². The van der Waals surface area contributed by atoms with Gasteiger partial charge in [-0.15, -0.1) is 0 Å². The summed E-state index contributed by atoms with van der Waals surface area (Å²) < 4.78 is 26.9. The Bertz CT molecular complexity index is 800. The number of hydrogen-bond acceptors (Lipinski definition) is 6. The Morgan fingerprint density at radius 1 is 1.26 bits per heavy atom. The van der Waals surface area contributed by atoms with E-state index in [1.165, 1.54) is 4.31 Å². The zero-order chi connectivity index (χ0) is 19.5. The third kappa shape index (κ3) is 4.48. The van der Waals surface area contributed by atoms with Crippen molar-refractivity contribution < 1.29 is 18.0 Å². The highest BCUT2D eigenvalue weighted by atomic mass is 32.2. The van der Waals surface area contributed by atoms with Crippen LogP contribution in [0.25, 0.3) is 0 Å². The summed E-state index contributed by atoms with van der Waals surface area (Å²) in [6.07, 6.45) is 1.44. The van der Waals surface area contributed by atoms with Gasteiger partial charge in [-0.25, -0.2) is 8.42 Å². The first-order valence-electron chi connectivity index (χ1n) is 9.06. The van der Waals surface area contributed by atoms with Crippen molar-refractivity contribution in [3.8, 4) is 0 Å². The van der Waals surface area contributed by atoms with Gasteiger partial charge in [0.1, 0.15) is 11.3 Å². The molecule has 0 aromatic heterocycles. The predicted molar refractivity (Wildman–Crippen MR) is 102 cm³/mol. The van der Waals surface area contributed by atoms with Crippen molar-refractivity contribution in [2.24, 2.45) is 5.16 Å². The minimum Gasteiger partial charge on any atom is -0.388 e. The summed E-state index contributed by atoms with van der Waals surface area (Å²) in [4.78, 5) is 20.1. The zero-order valence-electron chi connectivity index (χ0n) is 15.7. The highest BCUT2D eigenvalue weighted by molar-refractivity contribution is 7.89. The molecular formula is C18H26N4O4S. The van der Waals surface area contributed by atoms with Crippen LogP contribution >= 0.6 is 0 Å². The second kappa shape index (κ2) is 7.95. The first-order chi connectivity index (χ1) is 12.8. The molecule has 0 atom stereocenters. The lowest BCUT2D eigenvalue weighted by molar-refractivity contribution is -0.114. The second-order valence-corrected chi connectivity index (χ2v) is 9.20. The van der Waals surface area contributed by atoms with Crippen LogP contribution in [0.1, 0.15) is 19.3 Å². The van der Waals surface area contributed by atoms with Crippen LogP contribution in [-0.2, 0) is 19.7 Å². The molecule has 3 rings (SSSR count). The van der Waals surface area contributed by atoms with Gasteiger partial charge in [0.2, 0.25) is 10.0 Å². The smallest absolute Gasteiger partial charge is 0.269 e. The molecule has 0 aliphatic carbocycles. The van der Waals surface area contributed by atoms with Gasteiger partial charge in [0.25, 0.3) is 5.91 Å². The molecule has 27 heavy (non-hydrogen) atoms. The molecule has 1 aromatic carbocycles. The van der Waals surface area contributed by atoms with Crippen molar-refractivity contribution in [1.82, 2.24) is 14.5 Å². The Kier molecular flexibility index (Phi) is 5.83. The summed E-state index contributed by atoms with van der Waals surface area (Å²) in [6, 6.07) is 8.43. The number of carbonyl (C=O) groups excluding carboxylic acids is 1. The lowest BCUT2D eigenvalue weighted by Gasteiger charge is -2.36. The van der Waals surface area contributed by atoms with Gasteiger partial charge in [0.15, 0.2) is 0 Å². The van der Waals surface area contributed by atoms with Gasteiger partial charge >= 0.3 is 0 Å². The van der Waals surface area contributed by atoms with E-state index in [9.17, 15) is 13.2 Å². The van der Waals surface area contributed by atoms with Gasteiger partial charge in [-0.2, -0.15) is 4.31 Å². The van der Waals surface area contributed by atoms with Gasteiger partial charge in [-0.1, -0.05) is 23.4 Å². The van der Waals surface area contributed by atoms with E-state index in [0.29, 0.717) is 49.5 Å². The Hall–Kier alpha value is -1.97. The van der Waals surface area contributed by atoms with Crippen LogP contribution in [0, 0.1) is 0 Å². The van der Waals surface area contributed by atoms with E-state index in [1.54, 1.807) is 30.3 Å². The average molecular weight is 394 g/mol. The molecule has 2 heterocycles. The van der Waals surface area contributed by atoms with Crippen LogP contribution < -0.4 is 5.32 Å². The molecule has 148 valence electrons. The van der Waals surface area contributed by atoms with Crippen molar-refractivity contribution in [2.45, 2.75) is 29.8 Å². The molecule has 0 unspecified atom stereocenters. The summed E-state index contributed by atoms with van der Waals surface area (Å²) in [5.41, 5.74) is -0.190. The second-order valence-electron chi connectivity index (χ2n) is 7.27. The number of sulfonamides is 1. The molecule has 0 saturated carbocycles. The molecule has 0 radical (unpaired) electrons. The van der Waals surface area contributed by atoms with E-state index in [4.69, 9.17) is 4.84 Å². The van der Waals surface area contributed by atoms with Crippen molar-refractivity contribution in [1.29, 1.82) is 0 Å². The highest BCUT2D eigenvalue weighted by Gasteiger charge is 2.45. The Morgan fingerprint density at radius 2 is 1.93 bits per heavy atom. The third-order valence-corrected chi connectivity index (χ3v) is 6.87. The van der Waals surface area contributed by atoms with Crippen LogP contribution in [0.5, 0.6) is 0 Å². The lowest BCUT2D eigenvalue weighted by atomic mass is 9.87. The number of nitrogens with zero attached hydrogens (tertiary/aromatic N) is 3. The predicted octanol–water partition coefficient (Wildman–Crippen LogP) is 0.664. The van der Waals surface area contributed by atoms with Gasteiger partial charge < -0.3 is 15.1 Å². The number of oxime groups is 1. The molecular weight excluding hydrogens is 368 g/mol. The molecule has 0 bridgehead atoms. The van der Waals surface area contributed by atoms with E-state index in [1.807, 2.05) is 19.0 Å². The molecule has 1 amide bonds. The highest BCUT2D eigenvalue weighted by Crippen LogP contribution is 2.36. The summed E-state index contributed by atoms with van der Waals surface area (Å²) in [6.45, 7) is 1.99. The van der Waals surface area contributed by atoms with E-state index in [-0.39, 0.29) is 5.91 Å². The summed E-state index contributed by atoms with van der Waals surface area (Å²) in [5.74, 6) is -0.215. The Morgan fingerprint density at radius 3 is 2.56 bits per heavy atom. The number of rotatable bonds is 6. The van der Waals surface area contributed by atoms with Gasteiger partial charge in [0.05, 0.1) is 4.90 Å². The van der Waals surface area contributed by atoms with E-state index < -0.39 is 15.6 Å². The maximum atomic E-state index is 12.7. The van der Waals surface area contributed by atoms with Crippen LogP contribution in [0.15, 0.2) is 40.4 Å². The number of piperidine rings is 1. The normalized spacial score (nSPS) is 19.7. The van der Waals surface area contributed by atoms with Crippen molar-refractivity contribution in [2.75, 3.05) is 40.3 Å². The van der Waals surface area contributed by atoms with Gasteiger partial charge in [-0.05, 0) is 26.2 Å². The fraction of sp³-hybridized carbons (Fsp3) is 0.556. The standard InChI is InChI=1S/C18H26N4O4S/c1-21(2)13-10-19-17(23)16-14-18(26-20-16)8-11-22(12-9-18)27(24,25)15-6-4-3-5-7-15/h3-7H,8-14H2,1-2H3,(H,19,23). The first-order valence-corrected chi connectivity index (χ1v) is 10.5. The third-order valence-electron chi connectivity index (χ3n) is 4.96. The largest absolute Gasteiger partial charge is 0.388 e. The Balaban J connectivity index is 1.55. The van der Waals surface area contributed by atoms with Crippen molar-refractivity contribution in [3.05, 3.63) is 30.3 Å². The molecule has 1 spiro atoms. The molecule has 9 heteroatoms. The lowest BCUT2D eigenvalue weighted by Crippen LogP contribution is -2.47. The number of carbonyl (C=O) groups is 1. The van der Waals surface area contributed by atoms with Crippen LogP contribution in [0.4, 0.5) is 0 Å². The molecule has 2 aliphatic rings. The fourth-order valence-corrected chi connectivity index (χ4v) is 4.74. The number of nitrogens with one attached hydrogen (secondary N) is 1. The number of likely N-dealkylation sites (N-methyl/N-ethyl adjacent to an activating group) is 1. The van der Waals surface area contributed by atoms with Crippen LogP contribution in [0.2, 0.25) is 0 Å². The van der Waals surface area contributed by atoms with Gasteiger partial charge in [0, 0.05) is 45.4 Å². The molecule has 2 aliphatic heterocycles. The van der Waals surface area contributed by atoms with E-state index in [2.05, 4.69) is 10.5 Å². The fourth-order valence-electron chi connectivity index (χ4n) is 3.28. The SMILES string of the molecule is CN(C)CCNC(=O)C1=NOC2(CCN(S(=O)(=O)c3ccccc3)CC2)C1. The molecule has 1 aromatic rings. The summed E-state index contributed by atoms with van der Waals surface area (Å²) in [5, 5.41) is 6.81. The molecule has 1 N–H and O–H groups in total. The van der Waals surface area contributed by atoms with Crippen molar-refractivity contribution in [3.63, 3.8) is 0 Å². The zero-order valence-corrected chi connectivity index (χ0v) is 16.5. The number of benzene rings is 1. The number of amides is 1. The Labute approximate surface area is 160 Å². The molecule has 1 fully saturated rings. The minimum absolute atomic E-state index is 0.215. The average Bonchev–Trinajstić information content (AvgIpc) is 3.06. The first kappa shape index (κ1) is 19.8. The molecule has 8 nitrogen and oxygen atoms in total. The maximum absolute atomic E-state index is 12.7.